The molecule has 2 rings (SSSR count). The normalized spacial score (nSPS) is 20.3. The Morgan fingerprint density at radius 2 is 2.35 bits per heavy atom. The van der Waals surface area contributed by atoms with Crippen LogP contribution in [0, 0.1) is 16.0 Å². The number of hydrogen-bond acceptors (Lipinski definition) is 5. The van der Waals surface area contributed by atoms with Crippen molar-refractivity contribution in [2.24, 2.45) is 5.92 Å². The number of nitrogen functional groups attached to an aromatic ring is 1. The minimum Gasteiger partial charge on any atom is -0.378 e. The SMILES string of the molecule is C[C@H]1CCCN(c2ccc([N+](=O)[O-])c(N)n2)C1. The lowest BCUT2D eigenvalue weighted by Gasteiger charge is -2.31. The maximum Gasteiger partial charge on any atom is 0.311 e. The molecule has 1 fully saturated rings. The number of nitrogens with zero attached hydrogens (tertiary/aromatic N) is 3. The number of anilines is 2. The minimum absolute atomic E-state index is 0.00859. The van der Waals surface area contributed by atoms with E-state index in [-0.39, 0.29) is 11.5 Å². The molecule has 0 radical (unpaired) electrons. The summed E-state index contributed by atoms with van der Waals surface area (Å²) in [7, 11) is 0. The Labute approximate surface area is 99.6 Å². The monoisotopic (exact) mass is 236 g/mol. The van der Waals surface area contributed by atoms with E-state index >= 15 is 0 Å². The second-order valence-corrected chi connectivity index (χ2v) is 4.52. The van der Waals surface area contributed by atoms with Gasteiger partial charge in [0.15, 0.2) is 0 Å². The Morgan fingerprint density at radius 1 is 1.59 bits per heavy atom. The summed E-state index contributed by atoms with van der Waals surface area (Å²) in [5.74, 6) is 1.35. The van der Waals surface area contributed by atoms with Crippen LogP contribution in [0.3, 0.4) is 0 Å². The van der Waals surface area contributed by atoms with Crippen LogP contribution in [0.1, 0.15) is 19.8 Å². The van der Waals surface area contributed by atoms with Crippen LogP contribution in [0.4, 0.5) is 17.3 Å². The molecule has 2 heterocycles. The third-order valence-electron chi connectivity index (χ3n) is 3.07. The van der Waals surface area contributed by atoms with Crippen molar-refractivity contribution in [3.8, 4) is 0 Å². The molecule has 1 saturated heterocycles. The van der Waals surface area contributed by atoms with E-state index in [0.717, 1.165) is 25.3 Å². The Balaban J connectivity index is 2.22. The fourth-order valence-corrected chi connectivity index (χ4v) is 2.18. The van der Waals surface area contributed by atoms with Gasteiger partial charge in [0.25, 0.3) is 0 Å². The molecule has 1 aliphatic heterocycles. The lowest BCUT2D eigenvalue weighted by molar-refractivity contribution is -0.384. The largest absolute Gasteiger partial charge is 0.378 e. The van der Waals surface area contributed by atoms with Crippen LogP contribution in [0.5, 0.6) is 0 Å². The molecule has 0 amide bonds. The van der Waals surface area contributed by atoms with Crippen LogP contribution >= 0.6 is 0 Å². The smallest absolute Gasteiger partial charge is 0.311 e. The van der Waals surface area contributed by atoms with E-state index in [2.05, 4.69) is 16.8 Å². The average Bonchev–Trinajstić information content (AvgIpc) is 2.28. The zero-order valence-electron chi connectivity index (χ0n) is 9.80. The molecule has 6 nitrogen and oxygen atoms in total. The molecule has 1 atom stereocenters. The summed E-state index contributed by atoms with van der Waals surface area (Å²) in [5, 5.41) is 10.6. The van der Waals surface area contributed by atoms with Crippen molar-refractivity contribution >= 4 is 17.3 Å². The zero-order chi connectivity index (χ0) is 12.4. The number of aromatic nitrogens is 1. The molecule has 1 aliphatic rings. The van der Waals surface area contributed by atoms with E-state index in [1.807, 2.05) is 0 Å². The van der Waals surface area contributed by atoms with E-state index in [0.29, 0.717) is 5.92 Å². The van der Waals surface area contributed by atoms with Gasteiger partial charge in [0, 0.05) is 19.2 Å². The van der Waals surface area contributed by atoms with Crippen molar-refractivity contribution in [2.45, 2.75) is 19.8 Å². The Bertz CT molecular complexity index is 435. The molecule has 17 heavy (non-hydrogen) atoms. The van der Waals surface area contributed by atoms with Gasteiger partial charge >= 0.3 is 5.69 Å². The first-order chi connectivity index (χ1) is 8.08. The van der Waals surface area contributed by atoms with Gasteiger partial charge in [0.1, 0.15) is 5.82 Å². The molecule has 92 valence electrons. The van der Waals surface area contributed by atoms with Gasteiger partial charge in [-0.05, 0) is 24.8 Å². The summed E-state index contributed by atoms with van der Waals surface area (Å²) in [6.45, 7) is 4.07. The summed E-state index contributed by atoms with van der Waals surface area (Å²) in [6, 6.07) is 3.10. The fourth-order valence-electron chi connectivity index (χ4n) is 2.18. The van der Waals surface area contributed by atoms with Crippen molar-refractivity contribution in [3.05, 3.63) is 22.2 Å². The van der Waals surface area contributed by atoms with Crippen LogP contribution in [-0.2, 0) is 0 Å². The number of nitrogens with two attached hydrogens (primary N) is 1. The molecule has 1 aromatic heterocycles. The van der Waals surface area contributed by atoms with Crippen LogP contribution in [0.15, 0.2) is 12.1 Å². The van der Waals surface area contributed by atoms with E-state index in [9.17, 15) is 10.1 Å². The second kappa shape index (κ2) is 4.57. The first kappa shape index (κ1) is 11.6. The number of pyridine rings is 1. The summed E-state index contributed by atoms with van der Waals surface area (Å²) in [6.07, 6.45) is 2.35. The van der Waals surface area contributed by atoms with E-state index in [4.69, 9.17) is 5.73 Å². The van der Waals surface area contributed by atoms with Crippen LogP contribution in [0.25, 0.3) is 0 Å². The fraction of sp³-hybridized carbons (Fsp3) is 0.545. The summed E-state index contributed by atoms with van der Waals surface area (Å²) >= 11 is 0. The van der Waals surface area contributed by atoms with E-state index in [1.54, 1.807) is 6.07 Å². The van der Waals surface area contributed by atoms with E-state index in [1.165, 1.54) is 12.5 Å². The number of nitro groups is 1. The van der Waals surface area contributed by atoms with Gasteiger partial charge in [-0.15, -0.1) is 0 Å². The van der Waals surface area contributed by atoms with Gasteiger partial charge < -0.3 is 10.6 Å². The molecule has 0 aromatic carbocycles. The van der Waals surface area contributed by atoms with Crippen LogP contribution in [0.2, 0.25) is 0 Å². The average molecular weight is 236 g/mol. The summed E-state index contributed by atoms with van der Waals surface area (Å²) in [4.78, 5) is 16.4. The molecule has 0 bridgehead atoms. The topological polar surface area (TPSA) is 85.3 Å². The third-order valence-corrected chi connectivity index (χ3v) is 3.07. The Morgan fingerprint density at radius 3 is 2.94 bits per heavy atom. The summed E-state index contributed by atoms with van der Waals surface area (Å²) in [5.41, 5.74) is 5.46. The number of hydrogen-bond donors (Lipinski definition) is 1. The molecule has 0 aliphatic carbocycles. The van der Waals surface area contributed by atoms with Crippen molar-refractivity contribution in [1.82, 2.24) is 4.98 Å². The quantitative estimate of drug-likeness (QED) is 0.625. The molecule has 0 spiro atoms. The maximum absolute atomic E-state index is 10.6. The number of rotatable bonds is 2. The highest BCUT2D eigenvalue weighted by Gasteiger charge is 2.20. The maximum atomic E-state index is 10.6. The van der Waals surface area contributed by atoms with E-state index < -0.39 is 4.92 Å². The van der Waals surface area contributed by atoms with Crippen molar-refractivity contribution < 1.29 is 4.92 Å². The predicted octanol–water partition coefficient (Wildman–Crippen LogP) is 1.81. The van der Waals surface area contributed by atoms with Gasteiger partial charge in [-0.3, -0.25) is 10.1 Å². The predicted molar refractivity (Wildman–Crippen MR) is 65.9 cm³/mol. The van der Waals surface area contributed by atoms with Crippen molar-refractivity contribution in [1.29, 1.82) is 0 Å². The number of piperidine rings is 1. The van der Waals surface area contributed by atoms with Gasteiger partial charge in [0.05, 0.1) is 4.92 Å². The Hall–Kier alpha value is -1.85. The highest BCUT2D eigenvalue weighted by atomic mass is 16.6. The standard InChI is InChI=1S/C11H16N4O2/c1-8-3-2-6-14(7-8)10-5-4-9(15(16)17)11(12)13-10/h4-5,8H,2-3,6-7H2,1H3,(H2,12,13)/t8-/m0/s1. The lowest BCUT2D eigenvalue weighted by Crippen LogP contribution is -2.34. The summed E-state index contributed by atoms with van der Waals surface area (Å²) < 4.78 is 0. The van der Waals surface area contributed by atoms with Gasteiger partial charge in [-0.25, -0.2) is 4.98 Å². The lowest BCUT2D eigenvalue weighted by atomic mass is 10.0. The highest BCUT2D eigenvalue weighted by molar-refractivity contribution is 5.58. The highest BCUT2D eigenvalue weighted by Crippen LogP contribution is 2.26. The van der Waals surface area contributed by atoms with Gasteiger partial charge in [0.2, 0.25) is 5.82 Å². The molecule has 6 heteroatoms. The van der Waals surface area contributed by atoms with Gasteiger partial charge in [-0.2, -0.15) is 0 Å². The molecule has 0 saturated carbocycles. The zero-order valence-corrected chi connectivity index (χ0v) is 9.80. The van der Waals surface area contributed by atoms with Gasteiger partial charge in [-0.1, -0.05) is 6.92 Å². The Kier molecular flexibility index (Phi) is 3.12. The molecular formula is C11H16N4O2. The molecule has 2 N–H and O–H groups in total. The third kappa shape index (κ3) is 2.46. The first-order valence-electron chi connectivity index (χ1n) is 5.74. The molecule has 0 unspecified atom stereocenters. The van der Waals surface area contributed by atoms with Crippen LogP contribution < -0.4 is 10.6 Å². The second-order valence-electron chi connectivity index (χ2n) is 4.52. The van der Waals surface area contributed by atoms with Crippen molar-refractivity contribution in [2.75, 3.05) is 23.7 Å². The molecule has 1 aromatic rings. The van der Waals surface area contributed by atoms with Crippen molar-refractivity contribution in [3.63, 3.8) is 0 Å². The first-order valence-corrected chi connectivity index (χ1v) is 5.74. The van der Waals surface area contributed by atoms with Crippen LogP contribution in [-0.4, -0.2) is 23.0 Å². The molecular weight excluding hydrogens is 220 g/mol. The minimum atomic E-state index is -0.509.